The van der Waals surface area contributed by atoms with E-state index in [4.69, 9.17) is 4.74 Å². The lowest BCUT2D eigenvalue weighted by Gasteiger charge is -2.12. The van der Waals surface area contributed by atoms with Crippen LogP contribution < -0.4 is 10.1 Å². The van der Waals surface area contributed by atoms with Crippen LogP contribution in [0, 0.1) is 6.92 Å². The second-order valence-corrected chi connectivity index (χ2v) is 3.78. The highest BCUT2D eigenvalue weighted by Crippen LogP contribution is 2.20. The van der Waals surface area contributed by atoms with E-state index in [2.05, 4.69) is 25.2 Å². The van der Waals surface area contributed by atoms with Gasteiger partial charge >= 0.3 is 0 Å². The Hall–Kier alpha value is -1.09. The maximum atomic E-state index is 12.0. The van der Waals surface area contributed by atoms with Crippen molar-refractivity contribution in [2.45, 2.75) is 26.8 Å². The minimum Gasteiger partial charge on any atom is -0.493 e. The molecular formula is C13H20FNO. The van der Waals surface area contributed by atoms with Gasteiger partial charge in [-0.15, -0.1) is 0 Å². The van der Waals surface area contributed by atoms with Crippen LogP contribution >= 0.6 is 0 Å². The number of hydrogen-bond acceptors (Lipinski definition) is 2. The molecule has 0 spiro atoms. The van der Waals surface area contributed by atoms with E-state index in [0.29, 0.717) is 13.0 Å². The molecule has 0 aliphatic carbocycles. The molecule has 0 atom stereocenters. The predicted octanol–water partition coefficient (Wildman–Crippen LogP) is 2.84. The molecule has 0 heterocycles. The molecule has 0 aliphatic heterocycles. The lowest BCUT2D eigenvalue weighted by atomic mass is 10.1. The molecule has 1 aromatic carbocycles. The van der Waals surface area contributed by atoms with E-state index < -0.39 is 0 Å². The van der Waals surface area contributed by atoms with E-state index in [0.717, 1.165) is 24.4 Å². The minimum absolute atomic E-state index is 0.325. The normalized spacial score (nSPS) is 10.4. The zero-order valence-corrected chi connectivity index (χ0v) is 10.1. The van der Waals surface area contributed by atoms with Gasteiger partial charge in [0.25, 0.3) is 0 Å². The molecule has 0 aliphatic rings. The number of hydrogen-bond donors (Lipinski definition) is 1. The van der Waals surface area contributed by atoms with Gasteiger partial charge in [0.05, 0.1) is 13.3 Å². The van der Waals surface area contributed by atoms with Crippen molar-refractivity contribution in [3.05, 3.63) is 29.3 Å². The Balaban J connectivity index is 2.64. The van der Waals surface area contributed by atoms with Crippen LogP contribution in [-0.4, -0.2) is 19.8 Å². The van der Waals surface area contributed by atoms with Crippen LogP contribution in [-0.2, 0) is 6.54 Å². The fourth-order valence-electron chi connectivity index (χ4n) is 1.48. The second-order valence-electron chi connectivity index (χ2n) is 3.78. The molecule has 0 radical (unpaired) electrons. The molecule has 0 fully saturated rings. The van der Waals surface area contributed by atoms with E-state index in [1.54, 1.807) is 0 Å². The largest absolute Gasteiger partial charge is 0.493 e. The van der Waals surface area contributed by atoms with Gasteiger partial charge in [-0.25, -0.2) is 0 Å². The van der Waals surface area contributed by atoms with Crippen molar-refractivity contribution in [2.75, 3.05) is 19.8 Å². The van der Waals surface area contributed by atoms with Gasteiger partial charge < -0.3 is 10.1 Å². The molecule has 1 N–H and O–H groups in total. The predicted molar refractivity (Wildman–Crippen MR) is 64.6 cm³/mol. The van der Waals surface area contributed by atoms with E-state index >= 15 is 0 Å². The second kappa shape index (κ2) is 7.23. The van der Waals surface area contributed by atoms with Crippen LogP contribution in [0.5, 0.6) is 5.75 Å². The molecule has 0 saturated heterocycles. The summed E-state index contributed by atoms with van der Waals surface area (Å²) >= 11 is 0. The summed E-state index contributed by atoms with van der Waals surface area (Å²) < 4.78 is 17.5. The number of nitrogens with one attached hydrogen (secondary N) is 1. The van der Waals surface area contributed by atoms with Gasteiger partial charge in [0.2, 0.25) is 0 Å². The van der Waals surface area contributed by atoms with Crippen LogP contribution in [0.4, 0.5) is 4.39 Å². The number of benzene rings is 1. The third-order valence-electron chi connectivity index (χ3n) is 2.32. The minimum atomic E-state index is -0.325. The summed E-state index contributed by atoms with van der Waals surface area (Å²) in [6.07, 6.45) is 0.453. The molecule has 1 aromatic rings. The summed E-state index contributed by atoms with van der Waals surface area (Å²) in [5.41, 5.74) is 2.35. The molecule has 0 saturated carbocycles. The molecule has 1 rings (SSSR count). The quantitative estimate of drug-likeness (QED) is 0.720. The van der Waals surface area contributed by atoms with Crippen molar-refractivity contribution >= 4 is 0 Å². The van der Waals surface area contributed by atoms with E-state index in [1.807, 2.05) is 12.1 Å². The summed E-state index contributed by atoms with van der Waals surface area (Å²) in [7, 11) is 0. The zero-order valence-electron chi connectivity index (χ0n) is 10.1. The first-order valence-electron chi connectivity index (χ1n) is 5.77. The van der Waals surface area contributed by atoms with Crippen molar-refractivity contribution in [1.29, 1.82) is 0 Å². The van der Waals surface area contributed by atoms with Gasteiger partial charge in [-0.1, -0.05) is 24.6 Å². The molecule has 0 bridgehead atoms. The maximum absolute atomic E-state index is 12.0. The van der Waals surface area contributed by atoms with Crippen molar-refractivity contribution < 1.29 is 9.13 Å². The number of halogens is 1. The Kier molecular flexibility index (Phi) is 5.86. The smallest absolute Gasteiger partial charge is 0.123 e. The summed E-state index contributed by atoms with van der Waals surface area (Å²) in [4.78, 5) is 0. The fraction of sp³-hybridized carbons (Fsp3) is 0.538. The lowest BCUT2D eigenvalue weighted by molar-refractivity contribution is 0.286. The summed E-state index contributed by atoms with van der Waals surface area (Å²) in [5.74, 6) is 0.861. The molecule has 16 heavy (non-hydrogen) atoms. The van der Waals surface area contributed by atoms with E-state index in [-0.39, 0.29) is 6.67 Å². The monoisotopic (exact) mass is 225 g/mol. The van der Waals surface area contributed by atoms with E-state index in [9.17, 15) is 4.39 Å². The first kappa shape index (κ1) is 13.0. The Morgan fingerprint density at radius 3 is 2.88 bits per heavy atom. The Bertz CT molecular complexity index is 315. The van der Waals surface area contributed by atoms with Gasteiger partial charge in [-0.3, -0.25) is 4.39 Å². The fourth-order valence-corrected chi connectivity index (χ4v) is 1.48. The number of rotatable bonds is 7. The molecule has 90 valence electrons. The molecule has 3 heteroatoms. The first-order valence-corrected chi connectivity index (χ1v) is 5.77. The number of alkyl halides is 1. The van der Waals surface area contributed by atoms with Gasteiger partial charge in [0.1, 0.15) is 5.75 Å². The van der Waals surface area contributed by atoms with Crippen LogP contribution in [0.15, 0.2) is 18.2 Å². The van der Waals surface area contributed by atoms with Crippen molar-refractivity contribution in [3.63, 3.8) is 0 Å². The van der Waals surface area contributed by atoms with Gasteiger partial charge in [-0.2, -0.15) is 0 Å². The van der Waals surface area contributed by atoms with Gasteiger partial charge in [0, 0.05) is 18.5 Å². The average molecular weight is 225 g/mol. The molecule has 0 aromatic heterocycles. The molecule has 0 amide bonds. The van der Waals surface area contributed by atoms with Crippen molar-refractivity contribution in [2.24, 2.45) is 0 Å². The summed E-state index contributed by atoms with van der Waals surface area (Å²) in [6.45, 7) is 5.97. The van der Waals surface area contributed by atoms with Gasteiger partial charge in [0.15, 0.2) is 0 Å². The van der Waals surface area contributed by atoms with Gasteiger partial charge in [-0.05, 0) is 19.5 Å². The average Bonchev–Trinajstić information content (AvgIpc) is 2.29. The molecular weight excluding hydrogens is 205 g/mol. The SMILES string of the molecule is CCNCc1cc(C)ccc1OCCCF. The highest BCUT2D eigenvalue weighted by atomic mass is 19.1. The Morgan fingerprint density at radius 2 is 2.19 bits per heavy atom. The van der Waals surface area contributed by atoms with E-state index in [1.165, 1.54) is 5.56 Å². The maximum Gasteiger partial charge on any atom is 0.123 e. The summed E-state index contributed by atoms with van der Waals surface area (Å²) in [5, 5.41) is 3.27. The molecule has 2 nitrogen and oxygen atoms in total. The van der Waals surface area contributed by atoms with Crippen LogP contribution in [0.3, 0.4) is 0 Å². The Morgan fingerprint density at radius 1 is 1.38 bits per heavy atom. The highest BCUT2D eigenvalue weighted by molar-refractivity contribution is 5.36. The summed E-state index contributed by atoms with van der Waals surface area (Å²) in [6, 6.07) is 6.08. The van der Waals surface area contributed by atoms with Crippen LogP contribution in [0.1, 0.15) is 24.5 Å². The number of ether oxygens (including phenoxy) is 1. The van der Waals surface area contributed by atoms with Crippen molar-refractivity contribution in [1.82, 2.24) is 5.32 Å². The topological polar surface area (TPSA) is 21.3 Å². The first-order chi connectivity index (χ1) is 7.77. The highest BCUT2D eigenvalue weighted by Gasteiger charge is 2.03. The third kappa shape index (κ3) is 4.19. The standard InChI is InChI=1S/C13H20FNO/c1-3-15-10-12-9-11(2)5-6-13(12)16-8-4-7-14/h5-6,9,15H,3-4,7-8,10H2,1-2H3. The van der Waals surface area contributed by atoms with Crippen LogP contribution in [0.25, 0.3) is 0 Å². The Labute approximate surface area is 96.8 Å². The molecule has 0 unspecified atom stereocenters. The zero-order chi connectivity index (χ0) is 11.8. The van der Waals surface area contributed by atoms with Crippen LogP contribution in [0.2, 0.25) is 0 Å². The number of aryl methyl sites for hydroxylation is 1. The van der Waals surface area contributed by atoms with Crippen molar-refractivity contribution in [3.8, 4) is 5.75 Å². The third-order valence-corrected chi connectivity index (χ3v) is 2.32. The lowest BCUT2D eigenvalue weighted by Crippen LogP contribution is -2.13.